The van der Waals surface area contributed by atoms with Crippen LogP contribution in [0.15, 0.2) is 42.5 Å². The fraction of sp³-hybridized carbons (Fsp3) is 0.579. The molecule has 2 bridgehead atoms. The first-order chi connectivity index (χ1) is 9.88. The number of hydrogen-bond donors (Lipinski definition) is 0. The smallest absolute Gasteiger partial charge is 0.0291 e. The predicted molar refractivity (Wildman–Crippen MR) is 85.6 cm³/mol. The van der Waals surface area contributed by atoms with Crippen molar-refractivity contribution in [2.24, 2.45) is 5.92 Å². The Morgan fingerprint density at radius 1 is 1.05 bits per heavy atom. The quantitative estimate of drug-likeness (QED) is 0.508. The molecule has 0 aromatic heterocycles. The summed E-state index contributed by atoms with van der Waals surface area (Å²) in [5.41, 5.74) is 1.46. The Morgan fingerprint density at radius 2 is 1.90 bits per heavy atom. The molecule has 2 aliphatic rings. The largest absolute Gasteiger partial charge is 0.289 e. The van der Waals surface area contributed by atoms with Crippen LogP contribution in [0.25, 0.3) is 0 Å². The van der Waals surface area contributed by atoms with Gasteiger partial charge in [0.1, 0.15) is 0 Å². The van der Waals surface area contributed by atoms with E-state index in [1.807, 2.05) is 0 Å². The van der Waals surface area contributed by atoms with E-state index in [0.29, 0.717) is 6.04 Å². The molecule has 0 saturated carbocycles. The summed E-state index contributed by atoms with van der Waals surface area (Å²) in [6.07, 6.45) is 13.2. The normalized spacial score (nSPS) is 28.4. The molecule has 0 radical (unpaired) electrons. The molecule has 20 heavy (non-hydrogen) atoms. The number of fused-ring (bicyclic) bond motifs is 2. The van der Waals surface area contributed by atoms with Gasteiger partial charge in [0.05, 0.1) is 0 Å². The Balaban J connectivity index is 1.60. The summed E-state index contributed by atoms with van der Waals surface area (Å²) in [6.45, 7) is 3.42. The number of unbranched alkanes of at least 4 members (excludes halogenated alkanes) is 3. The molecule has 1 aliphatic heterocycles. The molecule has 3 atom stereocenters. The average Bonchev–Trinajstić information content (AvgIpc) is 3.07. The molecular weight excluding hydrogens is 242 g/mol. The molecule has 3 rings (SSSR count). The van der Waals surface area contributed by atoms with Gasteiger partial charge in [0, 0.05) is 18.6 Å². The summed E-state index contributed by atoms with van der Waals surface area (Å²) in [6, 6.07) is 12.5. The van der Waals surface area contributed by atoms with Crippen molar-refractivity contribution in [2.75, 3.05) is 0 Å². The van der Waals surface area contributed by atoms with E-state index >= 15 is 0 Å². The Labute approximate surface area is 123 Å². The third-order valence-electron chi connectivity index (χ3n) is 5.00. The van der Waals surface area contributed by atoms with E-state index < -0.39 is 0 Å². The standard InChI is InChI=1S/C19H27N/c1-2-3-4-8-11-19-17-12-13-18(14-17)20(19)15-16-9-6-5-7-10-16/h5-7,9-10,12-13,17-19H,2-4,8,11,14-15H2,1H3/t17-,18+,19+/m0/s1. The van der Waals surface area contributed by atoms with Crippen LogP contribution in [-0.2, 0) is 6.54 Å². The van der Waals surface area contributed by atoms with Crippen LogP contribution in [0.2, 0.25) is 0 Å². The maximum Gasteiger partial charge on any atom is 0.0291 e. The van der Waals surface area contributed by atoms with Crippen LogP contribution >= 0.6 is 0 Å². The fourth-order valence-corrected chi connectivity index (χ4v) is 3.92. The van der Waals surface area contributed by atoms with Gasteiger partial charge in [-0.1, -0.05) is 75.1 Å². The monoisotopic (exact) mass is 269 g/mol. The fourth-order valence-electron chi connectivity index (χ4n) is 3.92. The van der Waals surface area contributed by atoms with E-state index in [0.717, 1.165) is 18.5 Å². The topological polar surface area (TPSA) is 3.24 Å². The zero-order chi connectivity index (χ0) is 13.8. The molecular formula is C19H27N. The van der Waals surface area contributed by atoms with Crippen molar-refractivity contribution >= 4 is 0 Å². The van der Waals surface area contributed by atoms with E-state index in [2.05, 4.69) is 54.3 Å². The molecule has 1 heteroatoms. The summed E-state index contributed by atoms with van der Waals surface area (Å²) in [7, 11) is 0. The van der Waals surface area contributed by atoms with Gasteiger partial charge < -0.3 is 0 Å². The molecule has 1 saturated heterocycles. The number of likely N-dealkylation sites (tertiary alicyclic amines) is 1. The molecule has 1 fully saturated rings. The number of rotatable bonds is 7. The summed E-state index contributed by atoms with van der Waals surface area (Å²) < 4.78 is 0. The van der Waals surface area contributed by atoms with Crippen LogP contribution in [-0.4, -0.2) is 17.0 Å². The molecule has 0 unspecified atom stereocenters. The zero-order valence-corrected chi connectivity index (χ0v) is 12.7. The van der Waals surface area contributed by atoms with Crippen molar-refractivity contribution in [3.63, 3.8) is 0 Å². The maximum atomic E-state index is 2.76. The molecule has 1 nitrogen and oxygen atoms in total. The lowest BCUT2D eigenvalue weighted by atomic mass is 9.95. The van der Waals surface area contributed by atoms with Gasteiger partial charge >= 0.3 is 0 Å². The molecule has 0 spiro atoms. The van der Waals surface area contributed by atoms with Crippen molar-refractivity contribution in [1.82, 2.24) is 4.90 Å². The summed E-state index contributed by atoms with van der Waals surface area (Å²) in [4.78, 5) is 2.76. The molecule has 1 aliphatic carbocycles. The second kappa shape index (κ2) is 6.58. The van der Waals surface area contributed by atoms with Crippen molar-refractivity contribution in [1.29, 1.82) is 0 Å². The van der Waals surface area contributed by atoms with Crippen LogP contribution in [0, 0.1) is 5.92 Å². The third-order valence-corrected chi connectivity index (χ3v) is 5.00. The minimum absolute atomic E-state index is 0.705. The molecule has 1 aromatic rings. The van der Waals surface area contributed by atoms with Crippen molar-refractivity contribution in [3.8, 4) is 0 Å². The summed E-state index contributed by atoms with van der Waals surface area (Å²) in [5, 5.41) is 0. The molecule has 0 amide bonds. The Kier molecular flexibility index (Phi) is 4.57. The second-order valence-electron chi connectivity index (χ2n) is 6.43. The van der Waals surface area contributed by atoms with Gasteiger partial charge in [-0.25, -0.2) is 0 Å². The highest BCUT2D eigenvalue weighted by Crippen LogP contribution is 2.40. The SMILES string of the molecule is CCCCCC[C@@H]1[C@H]2C=C[C@H](C2)N1Cc1ccccc1. The molecule has 0 N–H and O–H groups in total. The highest BCUT2D eigenvalue weighted by Gasteiger charge is 2.41. The number of benzene rings is 1. The second-order valence-corrected chi connectivity index (χ2v) is 6.43. The van der Waals surface area contributed by atoms with Gasteiger partial charge in [-0.15, -0.1) is 0 Å². The highest BCUT2D eigenvalue weighted by atomic mass is 15.2. The van der Waals surface area contributed by atoms with E-state index in [1.54, 1.807) is 0 Å². The summed E-state index contributed by atoms with van der Waals surface area (Å²) in [5.74, 6) is 0.824. The van der Waals surface area contributed by atoms with Crippen LogP contribution in [0.1, 0.15) is 51.0 Å². The Morgan fingerprint density at radius 3 is 2.70 bits per heavy atom. The lowest BCUT2D eigenvalue weighted by Crippen LogP contribution is -2.38. The van der Waals surface area contributed by atoms with E-state index in [9.17, 15) is 0 Å². The van der Waals surface area contributed by atoms with Gasteiger partial charge in [-0.05, 0) is 24.3 Å². The van der Waals surface area contributed by atoms with Crippen LogP contribution < -0.4 is 0 Å². The van der Waals surface area contributed by atoms with Gasteiger partial charge in [0.15, 0.2) is 0 Å². The van der Waals surface area contributed by atoms with E-state index in [1.165, 1.54) is 44.1 Å². The Bertz CT molecular complexity index is 436. The lowest BCUT2D eigenvalue weighted by molar-refractivity contribution is 0.177. The van der Waals surface area contributed by atoms with Gasteiger partial charge in [0.2, 0.25) is 0 Å². The van der Waals surface area contributed by atoms with Crippen LogP contribution in [0.4, 0.5) is 0 Å². The minimum atomic E-state index is 0.705. The third kappa shape index (κ3) is 2.98. The Hall–Kier alpha value is -1.08. The van der Waals surface area contributed by atoms with Crippen LogP contribution in [0.3, 0.4) is 0 Å². The zero-order valence-electron chi connectivity index (χ0n) is 12.7. The average molecular weight is 269 g/mol. The highest BCUT2D eigenvalue weighted by molar-refractivity contribution is 5.20. The maximum absolute atomic E-state index is 2.76. The lowest BCUT2D eigenvalue weighted by Gasteiger charge is -2.32. The van der Waals surface area contributed by atoms with Gasteiger partial charge in [-0.3, -0.25) is 4.90 Å². The molecule has 1 aromatic carbocycles. The van der Waals surface area contributed by atoms with Gasteiger partial charge in [0.25, 0.3) is 0 Å². The first-order valence-corrected chi connectivity index (χ1v) is 8.36. The number of hydrogen-bond acceptors (Lipinski definition) is 1. The van der Waals surface area contributed by atoms with Crippen LogP contribution in [0.5, 0.6) is 0 Å². The molecule has 108 valence electrons. The van der Waals surface area contributed by atoms with Crippen molar-refractivity contribution in [3.05, 3.63) is 48.0 Å². The minimum Gasteiger partial charge on any atom is -0.289 e. The first kappa shape index (κ1) is 13.9. The predicted octanol–water partition coefficient (Wildman–Crippen LogP) is 4.79. The first-order valence-electron chi connectivity index (χ1n) is 8.36. The summed E-state index contributed by atoms with van der Waals surface area (Å²) >= 11 is 0. The molecule has 1 heterocycles. The van der Waals surface area contributed by atoms with Gasteiger partial charge in [-0.2, -0.15) is 0 Å². The number of nitrogens with zero attached hydrogens (tertiary/aromatic N) is 1. The van der Waals surface area contributed by atoms with E-state index in [4.69, 9.17) is 0 Å². The van der Waals surface area contributed by atoms with Crippen molar-refractivity contribution in [2.45, 2.75) is 64.1 Å². The van der Waals surface area contributed by atoms with Crippen molar-refractivity contribution < 1.29 is 0 Å². The van der Waals surface area contributed by atoms with E-state index in [-0.39, 0.29) is 0 Å².